The van der Waals surface area contributed by atoms with Crippen LogP contribution in [-0.4, -0.2) is 67.1 Å². The molecule has 0 bridgehead atoms. The van der Waals surface area contributed by atoms with Crippen LogP contribution in [0.2, 0.25) is 0 Å². The average Bonchev–Trinajstić information content (AvgIpc) is 2.37. The van der Waals surface area contributed by atoms with Crippen LogP contribution in [0.25, 0.3) is 0 Å². The third-order valence-corrected chi connectivity index (χ3v) is 5.73. The molecule has 2 aliphatic rings. The van der Waals surface area contributed by atoms with Gasteiger partial charge in [-0.3, -0.25) is 0 Å². The zero-order valence-electron chi connectivity index (χ0n) is 11.7. The summed E-state index contributed by atoms with van der Waals surface area (Å²) in [5, 5.41) is 9.21. The quantitative estimate of drug-likeness (QED) is 0.798. The number of rotatable bonds is 3. The third kappa shape index (κ3) is 3.46. The smallest absolute Gasteiger partial charge is 0.282 e. The van der Waals surface area contributed by atoms with E-state index in [2.05, 4.69) is 0 Å². The van der Waals surface area contributed by atoms with Crippen molar-refractivity contribution in [3.05, 3.63) is 0 Å². The van der Waals surface area contributed by atoms with Gasteiger partial charge in [-0.05, 0) is 32.6 Å². The largest absolute Gasteiger partial charge is 0.396 e. The van der Waals surface area contributed by atoms with E-state index in [0.29, 0.717) is 32.8 Å². The number of morpholine rings is 1. The van der Waals surface area contributed by atoms with Gasteiger partial charge in [0.2, 0.25) is 0 Å². The second kappa shape index (κ2) is 5.65. The molecule has 2 aliphatic heterocycles. The standard InChI is InChI=1S/C12H24N2O4S/c1-12(2)10-14(6-7-18-12)19(16,17)13-5-3-4-11(8-13)9-15/h11,15H,3-10H2,1-2H3. The molecule has 0 aromatic rings. The minimum absolute atomic E-state index is 0.0562. The fourth-order valence-corrected chi connectivity index (χ4v) is 4.58. The Labute approximate surface area is 115 Å². The first-order chi connectivity index (χ1) is 8.85. The van der Waals surface area contributed by atoms with Crippen molar-refractivity contribution in [2.45, 2.75) is 32.3 Å². The average molecular weight is 292 g/mol. The van der Waals surface area contributed by atoms with Crippen LogP contribution >= 0.6 is 0 Å². The molecule has 2 heterocycles. The van der Waals surface area contributed by atoms with E-state index in [1.54, 1.807) is 0 Å². The van der Waals surface area contributed by atoms with Crippen molar-refractivity contribution in [1.82, 2.24) is 8.61 Å². The van der Waals surface area contributed by atoms with Gasteiger partial charge in [-0.2, -0.15) is 17.0 Å². The van der Waals surface area contributed by atoms with Crippen molar-refractivity contribution in [2.24, 2.45) is 5.92 Å². The summed E-state index contributed by atoms with van der Waals surface area (Å²) in [6.45, 7) is 6.07. The summed E-state index contributed by atoms with van der Waals surface area (Å²) >= 11 is 0. The van der Waals surface area contributed by atoms with Gasteiger partial charge < -0.3 is 9.84 Å². The van der Waals surface area contributed by atoms with Crippen molar-refractivity contribution in [3.63, 3.8) is 0 Å². The van der Waals surface area contributed by atoms with Crippen molar-refractivity contribution < 1.29 is 18.3 Å². The van der Waals surface area contributed by atoms with E-state index in [0.717, 1.165) is 12.8 Å². The minimum Gasteiger partial charge on any atom is -0.396 e. The fourth-order valence-electron chi connectivity index (χ4n) is 2.72. The monoisotopic (exact) mass is 292 g/mol. The maximum atomic E-state index is 12.6. The summed E-state index contributed by atoms with van der Waals surface area (Å²) in [4.78, 5) is 0. The van der Waals surface area contributed by atoms with Gasteiger partial charge in [0, 0.05) is 32.8 Å². The summed E-state index contributed by atoms with van der Waals surface area (Å²) in [5.74, 6) is 0.0672. The lowest BCUT2D eigenvalue weighted by atomic mass is 10.0. The predicted octanol–water partition coefficient (Wildman–Crippen LogP) is 0.0463. The van der Waals surface area contributed by atoms with Crippen LogP contribution in [0.4, 0.5) is 0 Å². The normalized spacial score (nSPS) is 30.4. The third-order valence-electron chi connectivity index (χ3n) is 3.78. The van der Waals surface area contributed by atoms with Crippen LogP contribution < -0.4 is 0 Å². The molecule has 6 nitrogen and oxygen atoms in total. The molecule has 112 valence electrons. The molecule has 1 unspecified atom stereocenters. The summed E-state index contributed by atoms with van der Waals surface area (Å²) in [6, 6.07) is 0. The molecule has 0 radical (unpaired) electrons. The molecule has 0 amide bonds. The summed E-state index contributed by atoms with van der Waals surface area (Å²) in [7, 11) is -3.42. The van der Waals surface area contributed by atoms with Crippen molar-refractivity contribution in [3.8, 4) is 0 Å². The second-order valence-corrected chi connectivity index (χ2v) is 7.93. The molecule has 7 heteroatoms. The van der Waals surface area contributed by atoms with E-state index in [-0.39, 0.29) is 12.5 Å². The number of piperidine rings is 1. The molecule has 2 rings (SSSR count). The topological polar surface area (TPSA) is 70.1 Å². The number of hydrogen-bond donors (Lipinski definition) is 1. The summed E-state index contributed by atoms with van der Waals surface area (Å²) in [5.41, 5.74) is -0.433. The number of nitrogens with zero attached hydrogens (tertiary/aromatic N) is 2. The highest BCUT2D eigenvalue weighted by molar-refractivity contribution is 7.86. The molecule has 0 aliphatic carbocycles. The van der Waals surface area contributed by atoms with Gasteiger partial charge in [0.15, 0.2) is 0 Å². The molecule has 19 heavy (non-hydrogen) atoms. The molecule has 2 saturated heterocycles. The van der Waals surface area contributed by atoms with Crippen molar-refractivity contribution in [2.75, 3.05) is 39.4 Å². The van der Waals surface area contributed by atoms with Crippen LogP contribution in [0, 0.1) is 5.92 Å². The van der Waals surface area contributed by atoms with E-state index in [1.165, 1.54) is 8.61 Å². The Bertz CT molecular complexity index is 410. The van der Waals surface area contributed by atoms with E-state index in [9.17, 15) is 13.5 Å². The van der Waals surface area contributed by atoms with E-state index >= 15 is 0 Å². The molecular formula is C12H24N2O4S. The Morgan fingerprint density at radius 2 is 2.05 bits per heavy atom. The van der Waals surface area contributed by atoms with Gasteiger partial charge in [-0.1, -0.05) is 0 Å². The van der Waals surface area contributed by atoms with Gasteiger partial charge >= 0.3 is 0 Å². The molecule has 1 N–H and O–H groups in total. The molecule has 1 atom stereocenters. The van der Waals surface area contributed by atoms with Crippen LogP contribution in [0.15, 0.2) is 0 Å². The Kier molecular flexibility index (Phi) is 4.52. The molecule has 0 saturated carbocycles. The van der Waals surface area contributed by atoms with E-state index < -0.39 is 15.8 Å². The first-order valence-electron chi connectivity index (χ1n) is 6.85. The number of aliphatic hydroxyl groups is 1. The van der Waals surface area contributed by atoms with Crippen LogP contribution in [0.3, 0.4) is 0 Å². The zero-order valence-corrected chi connectivity index (χ0v) is 12.5. The highest BCUT2D eigenvalue weighted by atomic mass is 32.2. The van der Waals surface area contributed by atoms with Gasteiger partial charge in [-0.15, -0.1) is 0 Å². The van der Waals surface area contributed by atoms with Crippen molar-refractivity contribution >= 4 is 10.2 Å². The highest BCUT2D eigenvalue weighted by Crippen LogP contribution is 2.24. The van der Waals surface area contributed by atoms with Crippen LogP contribution in [0.1, 0.15) is 26.7 Å². The maximum Gasteiger partial charge on any atom is 0.282 e. The zero-order chi connectivity index (χ0) is 14.1. The van der Waals surface area contributed by atoms with Gasteiger partial charge in [0.05, 0.1) is 12.2 Å². The van der Waals surface area contributed by atoms with Gasteiger partial charge in [0.25, 0.3) is 10.2 Å². The van der Waals surface area contributed by atoms with Crippen LogP contribution in [-0.2, 0) is 14.9 Å². The maximum absolute atomic E-state index is 12.6. The lowest BCUT2D eigenvalue weighted by molar-refractivity contribution is -0.0655. The SMILES string of the molecule is CC1(C)CN(S(=O)(=O)N2CCCC(CO)C2)CCO1. The lowest BCUT2D eigenvalue weighted by Crippen LogP contribution is -2.56. The minimum atomic E-state index is -3.42. The fraction of sp³-hybridized carbons (Fsp3) is 1.00. The first kappa shape index (κ1) is 15.2. The number of aliphatic hydroxyl groups excluding tert-OH is 1. The number of ether oxygens (including phenoxy) is 1. The Balaban J connectivity index is 2.08. The van der Waals surface area contributed by atoms with Gasteiger partial charge in [0.1, 0.15) is 0 Å². The molecule has 0 aromatic heterocycles. The van der Waals surface area contributed by atoms with E-state index in [4.69, 9.17) is 4.74 Å². The first-order valence-corrected chi connectivity index (χ1v) is 8.25. The Morgan fingerprint density at radius 3 is 2.68 bits per heavy atom. The highest BCUT2D eigenvalue weighted by Gasteiger charge is 2.38. The Hall–Kier alpha value is -0.210. The molecular weight excluding hydrogens is 268 g/mol. The van der Waals surface area contributed by atoms with Gasteiger partial charge in [-0.25, -0.2) is 0 Å². The summed E-state index contributed by atoms with van der Waals surface area (Å²) in [6.07, 6.45) is 1.72. The second-order valence-electron chi connectivity index (χ2n) is 6.00. The predicted molar refractivity (Wildman–Crippen MR) is 71.9 cm³/mol. The molecule has 0 spiro atoms. The van der Waals surface area contributed by atoms with E-state index in [1.807, 2.05) is 13.8 Å². The molecule has 0 aromatic carbocycles. The molecule has 2 fully saturated rings. The van der Waals surface area contributed by atoms with Crippen molar-refractivity contribution in [1.29, 1.82) is 0 Å². The van der Waals surface area contributed by atoms with Crippen LogP contribution in [0.5, 0.6) is 0 Å². The Morgan fingerprint density at radius 1 is 1.32 bits per heavy atom. The summed E-state index contributed by atoms with van der Waals surface area (Å²) < 4.78 is 33.8. The lowest BCUT2D eigenvalue weighted by Gasteiger charge is -2.41. The number of hydrogen-bond acceptors (Lipinski definition) is 4.